The number of halogens is 4. The summed E-state index contributed by atoms with van der Waals surface area (Å²) in [5.41, 5.74) is -0.326. The molecule has 12 heteroatoms. The first kappa shape index (κ1) is 23.6. The highest BCUT2D eigenvalue weighted by molar-refractivity contribution is 7.99. The van der Waals surface area contributed by atoms with Gasteiger partial charge in [0.2, 0.25) is 5.89 Å². The number of carbonyl (C=O) groups is 2. The molecule has 0 aliphatic rings. The molecule has 168 valence electrons. The maximum Gasteiger partial charge on any atom is 0.416 e. The molecule has 3 rings (SSSR count). The molecular weight excluding hydrogens is 471 g/mol. The first-order valence-electron chi connectivity index (χ1n) is 9.01. The molecule has 1 heterocycles. The van der Waals surface area contributed by atoms with E-state index in [0.29, 0.717) is 10.6 Å². The number of alkyl halides is 3. The van der Waals surface area contributed by atoms with Crippen molar-refractivity contribution in [3.8, 4) is 11.5 Å². The summed E-state index contributed by atoms with van der Waals surface area (Å²) in [6.07, 6.45) is -5.77. The van der Waals surface area contributed by atoms with Gasteiger partial charge in [-0.15, -0.1) is 10.2 Å². The molecule has 0 bridgehead atoms. The van der Waals surface area contributed by atoms with Gasteiger partial charge < -0.3 is 14.5 Å². The molecule has 0 saturated carbocycles. The number of esters is 1. The summed E-state index contributed by atoms with van der Waals surface area (Å²) in [6, 6.07) is 10.9. The average Bonchev–Trinajstić information content (AvgIpc) is 3.21. The van der Waals surface area contributed by atoms with Crippen molar-refractivity contribution in [2.24, 2.45) is 0 Å². The smallest absolute Gasteiger partial charge is 0.416 e. The second-order valence-corrected chi connectivity index (χ2v) is 7.73. The fourth-order valence-electron chi connectivity index (χ4n) is 2.40. The van der Waals surface area contributed by atoms with E-state index in [2.05, 4.69) is 15.5 Å². The lowest BCUT2D eigenvalue weighted by molar-refractivity contribution is -0.150. The predicted molar refractivity (Wildman–Crippen MR) is 111 cm³/mol. The Hall–Kier alpha value is -3.05. The topological polar surface area (TPSA) is 94.3 Å². The van der Waals surface area contributed by atoms with Crippen LogP contribution in [0.15, 0.2) is 58.2 Å². The highest BCUT2D eigenvalue weighted by Crippen LogP contribution is 2.30. The summed E-state index contributed by atoms with van der Waals surface area (Å²) in [5.74, 6) is -1.49. The normalized spacial score (nSPS) is 12.3. The van der Waals surface area contributed by atoms with Gasteiger partial charge in [-0.1, -0.05) is 29.4 Å². The van der Waals surface area contributed by atoms with Crippen LogP contribution in [-0.4, -0.2) is 33.9 Å². The fraction of sp³-hybridized carbons (Fsp3) is 0.200. The van der Waals surface area contributed by atoms with Crippen LogP contribution in [0.3, 0.4) is 0 Å². The monoisotopic (exact) mass is 485 g/mol. The van der Waals surface area contributed by atoms with E-state index in [1.54, 1.807) is 24.3 Å². The van der Waals surface area contributed by atoms with E-state index >= 15 is 0 Å². The standard InChI is InChI=1S/C20H15ClF3N3O4S/c1-11(17(29)25-15-4-2-3-13(9-15)20(22,23)24)30-16(28)10-32-19-27-26-18(31-19)12-5-7-14(21)8-6-12/h2-9,11H,10H2,1H3,(H,25,29). The van der Waals surface area contributed by atoms with Gasteiger partial charge in [0, 0.05) is 16.3 Å². The van der Waals surface area contributed by atoms with E-state index < -0.39 is 29.7 Å². The largest absolute Gasteiger partial charge is 0.452 e. The van der Waals surface area contributed by atoms with Crippen LogP contribution in [0.2, 0.25) is 5.02 Å². The van der Waals surface area contributed by atoms with Gasteiger partial charge in [-0.2, -0.15) is 13.2 Å². The third-order valence-electron chi connectivity index (χ3n) is 3.95. The second kappa shape index (κ2) is 10.0. The number of hydrogen-bond donors (Lipinski definition) is 1. The van der Waals surface area contributed by atoms with Crippen LogP contribution >= 0.6 is 23.4 Å². The first-order valence-corrected chi connectivity index (χ1v) is 10.4. The predicted octanol–water partition coefficient (Wildman–Crippen LogP) is 5.07. The molecule has 0 aliphatic heterocycles. The number of anilines is 1. The molecule has 0 spiro atoms. The van der Waals surface area contributed by atoms with Crippen molar-refractivity contribution in [1.82, 2.24) is 10.2 Å². The summed E-state index contributed by atoms with van der Waals surface area (Å²) in [6.45, 7) is 1.30. The van der Waals surface area contributed by atoms with Gasteiger partial charge in [0.1, 0.15) is 5.75 Å². The summed E-state index contributed by atoms with van der Waals surface area (Å²) in [4.78, 5) is 24.1. The molecule has 0 saturated heterocycles. The molecule has 1 N–H and O–H groups in total. The summed E-state index contributed by atoms with van der Waals surface area (Å²) in [5, 5.41) is 10.7. The van der Waals surface area contributed by atoms with Crippen LogP contribution in [0.5, 0.6) is 0 Å². The Balaban J connectivity index is 1.49. The molecule has 3 aromatic rings. The lowest BCUT2D eigenvalue weighted by Crippen LogP contribution is -2.30. The quantitative estimate of drug-likeness (QED) is 0.368. The molecule has 1 unspecified atom stereocenters. The van der Waals surface area contributed by atoms with Crippen molar-refractivity contribution in [1.29, 1.82) is 0 Å². The third-order valence-corrected chi connectivity index (χ3v) is 4.99. The van der Waals surface area contributed by atoms with Crippen molar-refractivity contribution in [2.75, 3.05) is 11.1 Å². The summed E-state index contributed by atoms with van der Waals surface area (Å²) in [7, 11) is 0. The minimum absolute atomic E-state index is 0.0670. The van der Waals surface area contributed by atoms with Gasteiger partial charge in [0.25, 0.3) is 11.1 Å². The Morgan fingerprint density at radius 1 is 1.19 bits per heavy atom. The van der Waals surface area contributed by atoms with Crippen LogP contribution < -0.4 is 5.32 Å². The number of ether oxygens (including phenoxy) is 1. The number of aromatic nitrogens is 2. The Morgan fingerprint density at radius 3 is 2.59 bits per heavy atom. The van der Waals surface area contributed by atoms with Crippen molar-refractivity contribution in [3.63, 3.8) is 0 Å². The number of hydrogen-bond acceptors (Lipinski definition) is 7. The number of carbonyl (C=O) groups excluding carboxylic acids is 2. The van der Waals surface area contributed by atoms with Crippen LogP contribution in [0.1, 0.15) is 12.5 Å². The average molecular weight is 486 g/mol. The number of nitrogens with zero attached hydrogens (tertiary/aromatic N) is 2. The summed E-state index contributed by atoms with van der Waals surface area (Å²) < 4.78 is 48.8. The molecule has 0 radical (unpaired) electrons. The van der Waals surface area contributed by atoms with Gasteiger partial charge in [0.15, 0.2) is 6.10 Å². The van der Waals surface area contributed by atoms with Crippen LogP contribution in [0.25, 0.3) is 11.5 Å². The fourth-order valence-corrected chi connectivity index (χ4v) is 3.07. The zero-order valence-corrected chi connectivity index (χ0v) is 17.9. The van der Waals surface area contributed by atoms with Gasteiger partial charge >= 0.3 is 12.1 Å². The maximum atomic E-state index is 12.8. The minimum Gasteiger partial charge on any atom is -0.452 e. The summed E-state index contributed by atoms with van der Waals surface area (Å²) >= 11 is 6.74. The zero-order chi connectivity index (χ0) is 23.3. The van der Waals surface area contributed by atoms with Gasteiger partial charge in [-0.05, 0) is 49.4 Å². The number of rotatable bonds is 7. The highest BCUT2D eigenvalue weighted by atomic mass is 35.5. The molecule has 0 fully saturated rings. The van der Waals surface area contributed by atoms with Gasteiger partial charge in [-0.25, -0.2) is 0 Å². The molecule has 32 heavy (non-hydrogen) atoms. The zero-order valence-electron chi connectivity index (χ0n) is 16.4. The molecule has 7 nitrogen and oxygen atoms in total. The molecule has 1 amide bonds. The molecule has 1 atom stereocenters. The Morgan fingerprint density at radius 2 is 1.91 bits per heavy atom. The van der Waals surface area contributed by atoms with E-state index in [4.69, 9.17) is 20.8 Å². The van der Waals surface area contributed by atoms with Crippen LogP contribution in [0, 0.1) is 0 Å². The maximum absolute atomic E-state index is 12.8. The van der Waals surface area contributed by atoms with Crippen molar-refractivity contribution in [2.45, 2.75) is 24.4 Å². The number of thioether (sulfide) groups is 1. The van der Waals surface area contributed by atoms with Crippen molar-refractivity contribution < 1.29 is 31.9 Å². The Bertz CT molecular complexity index is 1110. The van der Waals surface area contributed by atoms with Crippen LogP contribution in [-0.2, 0) is 20.5 Å². The SMILES string of the molecule is CC(OC(=O)CSc1nnc(-c2ccc(Cl)cc2)o1)C(=O)Nc1cccc(C(F)(F)F)c1. The van der Waals surface area contributed by atoms with Crippen LogP contribution in [0.4, 0.5) is 18.9 Å². The molecule has 2 aromatic carbocycles. The molecule has 0 aliphatic carbocycles. The molecular formula is C20H15ClF3N3O4S. The second-order valence-electron chi connectivity index (χ2n) is 6.37. The van der Waals surface area contributed by atoms with E-state index in [1.165, 1.54) is 13.0 Å². The first-order chi connectivity index (χ1) is 15.1. The Labute approximate surface area is 189 Å². The van der Waals surface area contributed by atoms with E-state index in [0.717, 1.165) is 30.0 Å². The van der Waals surface area contributed by atoms with E-state index in [9.17, 15) is 22.8 Å². The van der Waals surface area contributed by atoms with Crippen molar-refractivity contribution in [3.05, 3.63) is 59.1 Å². The third kappa shape index (κ3) is 6.47. The number of benzene rings is 2. The lowest BCUT2D eigenvalue weighted by Gasteiger charge is -2.14. The van der Waals surface area contributed by atoms with Crippen molar-refractivity contribution >= 4 is 40.9 Å². The number of amides is 1. The van der Waals surface area contributed by atoms with E-state index in [1.807, 2.05) is 0 Å². The number of nitrogens with one attached hydrogen (secondary N) is 1. The van der Waals surface area contributed by atoms with Gasteiger partial charge in [0.05, 0.1) is 5.56 Å². The molecule has 1 aromatic heterocycles. The lowest BCUT2D eigenvalue weighted by atomic mass is 10.2. The Kier molecular flexibility index (Phi) is 7.41. The van der Waals surface area contributed by atoms with E-state index in [-0.39, 0.29) is 22.6 Å². The minimum atomic E-state index is -4.54. The van der Waals surface area contributed by atoms with Gasteiger partial charge in [-0.3, -0.25) is 9.59 Å². The highest BCUT2D eigenvalue weighted by Gasteiger charge is 2.30.